The van der Waals surface area contributed by atoms with Crippen LogP contribution in [0.2, 0.25) is 0 Å². The highest BCUT2D eigenvalue weighted by molar-refractivity contribution is 6.02. The number of H-pyrrole nitrogens is 1. The number of imidazole rings is 1. The molecule has 2 unspecified atom stereocenters. The maximum absolute atomic E-state index is 13.5. The van der Waals surface area contributed by atoms with Gasteiger partial charge in [0.15, 0.2) is 0 Å². The van der Waals surface area contributed by atoms with Gasteiger partial charge < -0.3 is 30.4 Å². The number of carbonyl (C=O) groups excluding carboxylic acids is 3. The molecular weight excluding hydrogens is 644 g/mol. The number of methoxy groups -OCH3 is 1. The van der Waals surface area contributed by atoms with Gasteiger partial charge in [-0.1, -0.05) is 62.4 Å². The lowest BCUT2D eigenvalue weighted by atomic mass is 9.75. The van der Waals surface area contributed by atoms with Gasteiger partial charge in [-0.3, -0.25) is 14.6 Å². The molecule has 2 aliphatic heterocycles. The highest BCUT2D eigenvalue weighted by Gasteiger charge is 2.52. The van der Waals surface area contributed by atoms with Crippen LogP contribution in [0.15, 0.2) is 65.9 Å². The number of aliphatic imine (C=N–C) groups is 1. The van der Waals surface area contributed by atoms with Crippen LogP contribution >= 0.6 is 0 Å². The number of allylic oxidation sites excluding steroid dienone is 1. The summed E-state index contributed by atoms with van der Waals surface area (Å²) in [6, 6.07) is 16.1. The third-order valence-electron chi connectivity index (χ3n) is 11.4. The quantitative estimate of drug-likeness (QED) is 0.201. The predicted octanol–water partition coefficient (Wildman–Crippen LogP) is 5.74. The van der Waals surface area contributed by atoms with Crippen molar-refractivity contribution in [3.63, 3.8) is 0 Å². The van der Waals surface area contributed by atoms with E-state index in [0.29, 0.717) is 24.9 Å². The Morgan fingerprint density at radius 3 is 2.35 bits per heavy atom. The summed E-state index contributed by atoms with van der Waals surface area (Å²) < 4.78 is 4.75. The summed E-state index contributed by atoms with van der Waals surface area (Å²) in [4.78, 5) is 53.3. The molecule has 51 heavy (non-hydrogen) atoms. The number of likely N-dealkylation sites (tertiary alicyclic amines) is 1. The van der Waals surface area contributed by atoms with E-state index in [0.717, 1.165) is 71.6 Å². The number of aromatic amines is 1. The molecule has 0 spiro atoms. The molecule has 3 fully saturated rings. The number of rotatable bonds is 11. The van der Waals surface area contributed by atoms with Crippen molar-refractivity contribution in [3.05, 3.63) is 72.3 Å². The zero-order chi connectivity index (χ0) is 35.6. The molecule has 2 saturated carbocycles. The van der Waals surface area contributed by atoms with Crippen LogP contribution in [0.1, 0.15) is 69.8 Å². The number of hydrogen-bond donors (Lipinski definition) is 4. The molecule has 4 aliphatic rings. The van der Waals surface area contributed by atoms with Crippen molar-refractivity contribution in [3.8, 4) is 22.4 Å². The molecule has 1 aromatic heterocycles. The highest BCUT2D eigenvalue weighted by atomic mass is 16.5. The van der Waals surface area contributed by atoms with E-state index in [2.05, 4.69) is 69.1 Å². The first-order valence-electron chi connectivity index (χ1n) is 18.3. The fourth-order valence-corrected chi connectivity index (χ4v) is 8.84. The molecule has 3 heterocycles. The number of ether oxygens (including phenoxy) is 1. The number of benzene rings is 2. The van der Waals surface area contributed by atoms with E-state index < -0.39 is 12.1 Å². The van der Waals surface area contributed by atoms with Gasteiger partial charge in [-0.2, -0.15) is 0 Å². The zero-order valence-electron chi connectivity index (χ0n) is 29.6. The number of aromatic nitrogens is 2. The van der Waals surface area contributed by atoms with Crippen molar-refractivity contribution in [1.82, 2.24) is 25.5 Å². The van der Waals surface area contributed by atoms with Gasteiger partial charge in [-0.05, 0) is 77.7 Å². The van der Waals surface area contributed by atoms with Crippen LogP contribution in [0.5, 0.6) is 0 Å². The summed E-state index contributed by atoms with van der Waals surface area (Å²) in [5.41, 5.74) is 7.56. The fourth-order valence-electron chi connectivity index (χ4n) is 8.84. The van der Waals surface area contributed by atoms with Crippen molar-refractivity contribution in [2.24, 2.45) is 34.6 Å². The normalized spacial score (nSPS) is 24.4. The summed E-state index contributed by atoms with van der Waals surface area (Å²) >= 11 is 0. The topological polar surface area (TPSA) is 149 Å². The predicted molar refractivity (Wildman–Crippen MR) is 195 cm³/mol. The lowest BCUT2D eigenvalue weighted by Crippen LogP contribution is -2.51. The van der Waals surface area contributed by atoms with Crippen LogP contribution in [0.25, 0.3) is 28.0 Å². The number of aliphatic hydroxyl groups is 1. The summed E-state index contributed by atoms with van der Waals surface area (Å²) in [5, 5.41) is 14.8. The molecule has 2 aliphatic carbocycles. The Morgan fingerprint density at radius 2 is 1.67 bits per heavy atom. The number of hydrogen-bond acceptors (Lipinski definition) is 7. The summed E-state index contributed by atoms with van der Waals surface area (Å²) in [6.07, 6.45) is 8.99. The number of nitrogens with one attached hydrogen (secondary N) is 3. The second-order valence-corrected chi connectivity index (χ2v) is 14.7. The number of aliphatic hydroxyl groups excluding tert-OH is 1. The Hall–Kier alpha value is -4.77. The first-order chi connectivity index (χ1) is 24.7. The Balaban J connectivity index is 0.982. The largest absolute Gasteiger partial charge is 0.453 e. The Bertz CT molecular complexity index is 1810. The number of alkyl carbamates (subject to hydrolysis) is 1. The molecule has 1 saturated heterocycles. The van der Waals surface area contributed by atoms with E-state index in [4.69, 9.17) is 9.73 Å². The van der Waals surface area contributed by atoms with Crippen molar-refractivity contribution in [2.45, 2.75) is 64.5 Å². The lowest BCUT2D eigenvalue weighted by Gasteiger charge is -2.30. The highest BCUT2D eigenvalue weighted by Crippen LogP contribution is 2.54. The van der Waals surface area contributed by atoms with Gasteiger partial charge in [0.05, 0.1) is 31.6 Å². The standard InChI is InChI=1S/C40H48N6O5/c1-23(2)36(45-40(50)51-3)39(49)46-17-4-5-33(46)37-43-22-32(44-37)27-12-10-25(11-13-27)24-6-8-26(9-7-24)30-20-31(42-21-30)34-28-14-15-29(19-28)35(34)38(48)41-16-18-47/h6-13,21-23,28-29,33-36,47H,4-5,14-20H2,1-3H3,(H,41,48)(H,43,44)(H,45,50)/t28?,29?,33-,34-,35+,36-/m0/s1. The Labute approximate surface area is 299 Å². The third kappa shape index (κ3) is 6.96. The summed E-state index contributed by atoms with van der Waals surface area (Å²) in [7, 11) is 1.30. The molecule has 11 nitrogen and oxygen atoms in total. The minimum atomic E-state index is -0.674. The average molecular weight is 693 g/mol. The minimum absolute atomic E-state index is 0.0404. The first kappa shape index (κ1) is 34.7. The van der Waals surface area contributed by atoms with Crippen molar-refractivity contribution in [2.75, 3.05) is 26.8 Å². The van der Waals surface area contributed by atoms with Crippen LogP contribution in [0, 0.1) is 29.6 Å². The molecular formula is C40H48N6O5. The number of amides is 3. The molecule has 11 heteroatoms. The maximum Gasteiger partial charge on any atom is 0.407 e. The molecule has 6 atom stereocenters. The van der Waals surface area contributed by atoms with Gasteiger partial charge >= 0.3 is 6.09 Å². The summed E-state index contributed by atoms with van der Waals surface area (Å²) in [6.45, 7) is 4.68. The van der Waals surface area contributed by atoms with E-state index in [1.807, 2.05) is 31.1 Å². The van der Waals surface area contributed by atoms with Gasteiger partial charge in [-0.15, -0.1) is 0 Å². The Kier molecular flexibility index (Phi) is 10.1. The van der Waals surface area contributed by atoms with Crippen LogP contribution in [-0.2, 0) is 14.3 Å². The molecule has 268 valence electrons. The van der Waals surface area contributed by atoms with Crippen molar-refractivity contribution < 1.29 is 24.2 Å². The molecule has 2 bridgehead atoms. The van der Waals surface area contributed by atoms with Crippen molar-refractivity contribution in [1.29, 1.82) is 0 Å². The monoisotopic (exact) mass is 692 g/mol. The van der Waals surface area contributed by atoms with Gasteiger partial charge in [0.25, 0.3) is 0 Å². The van der Waals surface area contributed by atoms with E-state index in [-0.39, 0.29) is 42.2 Å². The molecule has 3 aromatic rings. The molecule has 2 aromatic carbocycles. The smallest absolute Gasteiger partial charge is 0.407 e. The number of fused-ring (bicyclic) bond motifs is 2. The number of carbonyl (C=O) groups is 3. The minimum Gasteiger partial charge on any atom is -0.453 e. The average Bonchev–Trinajstić information content (AvgIpc) is 4.00. The van der Waals surface area contributed by atoms with Crippen LogP contribution in [0.4, 0.5) is 4.79 Å². The van der Waals surface area contributed by atoms with Gasteiger partial charge in [0, 0.05) is 43.3 Å². The van der Waals surface area contributed by atoms with Crippen LogP contribution < -0.4 is 10.6 Å². The van der Waals surface area contributed by atoms with Crippen molar-refractivity contribution >= 4 is 29.2 Å². The third-order valence-corrected chi connectivity index (χ3v) is 11.4. The molecule has 7 rings (SSSR count). The SMILES string of the molecule is COC(=O)N[C@H](C(=O)N1CCC[C@H]1c1ncc(-c2ccc(-c3ccc(C4=CN=C([C@@H]5C6CCC(C6)[C@H]5C(=O)NCCO)C4)cc3)cc2)[nH]1)C(C)C. The van der Waals surface area contributed by atoms with Gasteiger partial charge in [0.1, 0.15) is 11.9 Å². The van der Waals surface area contributed by atoms with E-state index >= 15 is 0 Å². The number of nitrogens with zero attached hydrogens (tertiary/aromatic N) is 3. The Morgan fingerprint density at radius 1 is 0.980 bits per heavy atom. The second kappa shape index (κ2) is 14.8. The van der Waals surface area contributed by atoms with Gasteiger partial charge in [0.2, 0.25) is 11.8 Å². The zero-order valence-corrected chi connectivity index (χ0v) is 29.6. The lowest BCUT2D eigenvalue weighted by molar-refractivity contribution is -0.135. The molecule has 0 radical (unpaired) electrons. The van der Waals surface area contributed by atoms with E-state index in [9.17, 15) is 19.5 Å². The second-order valence-electron chi connectivity index (χ2n) is 14.7. The first-order valence-corrected chi connectivity index (χ1v) is 18.3. The van der Waals surface area contributed by atoms with Crippen LogP contribution in [-0.4, -0.2) is 76.4 Å². The maximum atomic E-state index is 13.5. The van der Waals surface area contributed by atoms with E-state index in [1.165, 1.54) is 19.1 Å². The fraction of sp³-hybridized carbons (Fsp3) is 0.475. The van der Waals surface area contributed by atoms with Crippen LogP contribution in [0.3, 0.4) is 0 Å². The molecule has 3 amide bonds. The summed E-state index contributed by atoms with van der Waals surface area (Å²) in [5.74, 6) is 1.67. The van der Waals surface area contributed by atoms with E-state index in [1.54, 1.807) is 0 Å². The molecule has 4 N–H and O–H groups in total. The van der Waals surface area contributed by atoms with Gasteiger partial charge in [-0.25, -0.2) is 9.78 Å².